The summed E-state index contributed by atoms with van der Waals surface area (Å²) in [6.07, 6.45) is 7.58. The first kappa shape index (κ1) is 24.5. The Labute approximate surface area is 181 Å². The largest absolute Gasteiger partial charge is 0.466 e. The molecule has 27 heavy (non-hydrogen) atoms. The van der Waals surface area contributed by atoms with Crippen molar-refractivity contribution in [1.82, 2.24) is 10.6 Å². The second-order valence-electron chi connectivity index (χ2n) is 8.06. The number of hydrogen-bond donors (Lipinski definition) is 3. The lowest BCUT2D eigenvalue weighted by molar-refractivity contribution is -0.149. The molecule has 2 fully saturated rings. The summed E-state index contributed by atoms with van der Waals surface area (Å²) in [7, 11) is 0. The molecule has 2 atom stereocenters. The van der Waals surface area contributed by atoms with Gasteiger partial charge in [0.05, 0.1) is 25.2 Å². The molecule has 0 aromatic rings. The predicted molar refractivity (Wildman–Crippen MR) is 119 cm³/mol. The normalized spacial score (nSPS) is 31.6. The molecule has 0 aliphatic heterocycles. The van der Waals surface area contributed by atoms with Crippen molar-refractivity contribution >= 4 is 35.9 Å². The number of carbonyl (C=O) groups is 1. The SMILES string of the molecule is CCNC(=NCC1(C)CCCCC1O)NC1CCC(C(=O)OCC)CC1.I. The summed E-state index contributed by atoms with van der Waals surface area (Å²) >= 11 is 0. The van der Waals surface area contributed by atoms with Crippen LogP contribution in [0.2, 0.25) is 0 Å². The maximum Gasteiger partial charge on any atom is 0.308 e. The summed E-state index contributed by atoms with van der Waals surface area (Å²) in [4.78, 5) is 16.7. The quantitative estimate of drug-likeness (QED) is 0.228. The van der Waals surface area contributed by atoms with E-state index in [1.807, 2.05) is 6.92 Å². The smallest absolute Gasteiger partial charge is 0.308 e. The fourth-order valence-corrected chi connectivity index (χ4v) is 4.07. The topological polar surface area (TPSA) is 83.0 Å². The van der Waals surface area contributed by atoms with E-state index in [-0.39, 0.29) is 47.4 Å². The van der Waals surface area contributed by atoms with Crippen molar-refractivity contribution in [3.05, 3.63) is 0 Å². The summed E-state index contributed by atoms with van der Waals surface area (Å²) in [5.74, 6) is 0.820. The highest BCUT2D eigenvalue weighted by molar-refractivity contribution is 14.0. The van der Waals surface area contributed by atoms with Crippen LogP contribution in [-0.4, -0.2) is 48.9 Å². The van der Waals surface area contributed by atoms with Crippen molar-refractivity contribution in [2.45, 2.75) is 84.3 Å². The Bertz CT molecular complexity index is 481. The van der Waals surface area contributed by atoms with E-state index in [4.69, 9.17) is 9.73 Å². The number of hydrogen-bond acceptors (Lipinski definition) is 4. The highest BCUT2D eigenvalue weighted by atomic mass is 127. The lowest BCUT2D eigenvalue weighted by atomic mass is 9.73. The number of nitrogens with zero attached hydrogens (tertiary/aromatic N) is 1. The van der Waals surface area contributed by atoms with Gasteiger partial charge >= 0.3 is 5.97 Å². The Morgan fingerprint density at radius 1 is 1.19 bits per heavy atom. The lowest BCUT2D eigenvalue weighted by Crippen LogP contribution is -2.46. The van der Waals surface area contributed by atoms with Crippen molar-refractivity contribution in [3.8, 4) is 0 Å². The standard InChI is InChI=1S/C20H37N3O3.HI/c1-4-21-19(22-14-20(3)13-7-6-8-17(20)24)23-16-11-9-15(10-12-16)18(25)26-5-2;/h15-17,24H,4-14H2,1-3H3,(H2,21,22,23);1H. The summed E-state index contributed by atoms with van der Waals surface area (Å²) in [5.41, 5.74) is -0.123. The highest BCUT2D eigenvalue weighted by Crippen LogP contribution is 2.36. The number of halogens is 1. The first-order valence-corrected chi connectivity index (χ1v) is 10.4. The Morgan fingerprint density at radius 3 is 2.48 bits per heavy atom. The van der Waals surface area contributed by atoms with Gasteiger partial charge < -0.3 is 20.5 Å². The minimum Gasteiger partial charge on any atom is -0.466 e. The van der Waals surface area contributed by atoms with Gasteiger partial charge in [0, 0.05) is 18.0 Å². The molecule has 0 aromatic heterocycles. The van der Waals surface area contributed by atoms with Gasteiger partial charge in [0.2, 0.25) is 0 Å². The fraction of sp³-hybridized carbons (Fsp3) is 0.900. The molecule has 0 spiro atoms. The zero-order chi connectivity index (χ0) is 19.0. The molecular formula is C20H38IN3O3. The number of nitrogens with one attached hydrogen (secondary N) is 2. The highest BCUT2D eigenvalue weighted by Gasteiger charge is 2.35. The second kappa shape index (κ2) is 12.1. The van der Waals surface area contributed by atoms with Crippen molar-refractivity contribution in [2.75, 3.05) is 19.7 Å². The van der Waals surface area contributed by atoms with Crippen molar-refractivity contribution < 1.29 is 14.6 Å². The molecule has 2 saturated carbocycles. The molecule has 6 nitrogen and oxygen atoms in total. The van der Waals surface area contributed by atoms with Gasteiger partial charge in [-0.25, -0.2) is 0 Å². The van der Waals surface area contributed by atoms with Gasteiger partial charge in [-0.05, 0) is 52.4 Å². The van der Waals surface area contributed by atoms with Crippen LogP contribution in [0.1, 0.15) is 72.1 Å². The molecule has 0 saturated heterocycles. The van der Waals surface area contributed by atoms with E-state index in [0.29, 0.717) is 19.2 Å². The number of esters is 1. The first-order chi connectivity index (χ1) is 12.5. The van der Waals surface area contributed by atoms with Gasteiger partial charge in [-0.1, -0.05) is 19.8 Å². The van der Waals surface area contributed by atoms with Crippen LogP contribution in [0.15, 0.2) is 4.99 Å². The van der Waals surface area contributed by atoms with Crippen molar-refractivity contribution in [2.24, 2.45) is 16.3 Å². The van der Waals surface area contributed by atoms with Gasteiger partial charge in [-0.2, -0.15) is 0 Å². The van der Waals surface area contributed by atoms with Gasteiger partial charge in [-0.15, -0.1) is 24.0 Å². The van der Waals surface area contributed by atoms with E-state index in [0.717, 1.165) is 57.5 Å². The molecular weight excluding hydrogens is 457 g/mol. The molecule has 2 aliphatic carbocycles. The van der Waals surface area contributed by atoms with Crippen LogP contribution in [0.3, 0.4) is 0 Å². The Balaban J connectivity index is 0.00000364. The first-order valence-electron chi connectivity index (χ1n) is 10.4. The van der Waals surface area contributed by atoms with Crippen LogP contribution < -0.4 is 10.6 Å². The number of aliphatic hydroxyl groups excluding tert-OH is 1. The number of rotatable bonds is 6. The van der Waals surface area contributed by atoms with E-state index >= 15 is 0 Å². The van der Waals surface area contributed by atoms with Crippen molar-refractivity contribution in [1.29, 1.82) is 0 Å². The maximum atomic E-state index is 11.9. The third-order valence-corrected chi connectivity index (χ3v) is 5.91. The summed E-state index contributed by atoms with van der Waals surface area (Å²) < 4.78 is 5.14. The molecule has 0 heterocycles. The van der Waals surface area contributed by atoms with E-state index in [1.165, 1.54) is 6.42 Å². The predicted octanol–water partition coefficient (Wildman–Crippen LogP) is 3.22. The van der Waals surface area contributed by atoms with E-state index in [1.54, 1.807) is 0 Å². The molecule has 2 rings (SSSR count). The minimum atomic E-state index is -0.261. The zero-order valence-corrected chi connectivity index (χ0v) is 19.5. The van der Waals surface area contributed by atoms with Crippen LogP contribution in [0, 0.1) is 11.3 Å². The Hall–Kier alpha value is -0.570. The van der Waals surface area contributed by atoms with Gasteiger partial charge in [0.25, 0.3) is 0 Å². The van der Waals surface area contributed by atoms with E-state index < -0.39 is 0 Å². The van der Waals surface area contributed by atoms with Crippen LogP contribution >= 0.6 is 24.0 Å². The zero-order valence-electron chi connectivity index (χ0n) is 17.1. The minimum absolute atomic E-state index is 0. The molecule has 158 valence electrons. The molecule has 0 aromatic carbocycles. The number of aliphatic imine (C=N–C) groups is 1. The van der Waals surface area contributed by atoms with Gasteiger partial charge in [0.1, 0.15) is 0 Å². The average molecular weight is 495 g/mol. The molecule has 0 bridgehead atoms. The van der Waals surface area contributed by atoms with Gasteiger partial charge in [-0.3, -0.25) is 9.79 Å². The van der Waals surface area contributed by atoms with Crippen molar-refractivity contribution in [3.63, 3.8) is 0 Å². The second-order valence-corrected chi connectivity index (χ2v) is 8.06. The fourth-order valence-electron chi connectivity index (χ4n) is 4.07. The number of guanidine groups is 1. The summed E-state index contributed by atoms with van der Waals surface area (Å²) in [6.45, 7) is 7.97. The molecule has 0 radical (unpaired) electrons. The monoisotopic (exact) mass is 495 g/mol. The average Bonchev–Trinajstić information content (AvgIpc) is 2.63. The van der Waals surface area contributed by atoms with Crippen LogP contribution in [0.5, 0.6) is 0 Å². The maximum absolute atomic E-state index is 11.9. The van der Waals surface area contributed by atoms with E-state index in [9.17, 15) is 9.90 Å². The number of ether oxygens (including phenoxy) is 1. The third-order valence-electron chi connectivity index (χ3n) is 5.91. The number of aliphatic hydroxyl groups is 1. The van der Waals surface area contributed by atoms with Crippen LogP contribution in [0.4, 0.5) is 0 Å². The third kappa shape index (κ3) is 7.40. The summed E-state index contributed by atoms with van der Waals surface area (Å²) in [5, 5.41) is 17.2. The molecule has 2 aliphatic rings. The van der Waals surface area contributed by atoms with Crippen LogP contribution in [0.25, 0.3) is 0 Å². The van der Waals surface area contributed by atoms with Gasteiger partial charge in [0.15, 0.2) is 5.96 Å². The molecule has 7 heteroatoms. The summed E-state index contributed by atoms with van der Waals surface area (Å²) in [6, 6.07) is 0.336. The Morgan fingerprint density at radius 2 is 1.89 bits per heavy atom. The molecule has 0 amide bonds. The lowest BCUT2D eigenvalue weighted by Gasteiger charge is -2.37. The molecule has 2 unspecified atom stereocenters. The van der Waals surface area contributed by atoms with E-state index in [2.05, 4.69) is 24.5 Å². The number of carbonyl (C=O) groups excluding carboxylic acids is 1. The Kier molecular flexibility index (Phi) is 11.0. The van der Waals surface area contributed by atoms with Crippen LogP contribution in [-0.2, 0) is 9.53 Å². The molecule has 3 N–H and O–H groups in total.